The summed E-state index contributed by atoms with van der Waals surface area (Å²) in [5, 5.41) is 6.25. The fourth-order valence-corrected chi connectivity index (χ4v) is 1.16. The molecule has 1 aromatic rings. The third-order valence-corrected chi connectivity index (χ3v) is 2.38. The Morgan fingerprint density at radius 2 is 2.38 bits per heavy atom. The molecule has 0 saturated heterocycles. The Bertz CT molecular complexity index is 299. The van der Waals surface area contributed by atoms with Gasteiger partial charge < -0.3 is 4.74 Å². The van der Waals surface area contributed by atoms with Crippen molar-refractivity contribution in [2.45, 2.75) is 19.3 Å². The zero-order valence-corrected chi connectivity index (χ0v) is 7.18. The molecule has 1 N–H and O–H groups in total. The van der Waals surface area contributed by atoms with E-state index in [9.17, 15) is 8.78 Å². The Morgan fingerprint density at radius 1 is 1.69 bits per heavy atom. The Morgan fingerprint density at radius 3 is 2.85 bits per heavy atom. The highest BCUT2D eigenvalue weighted by atomic mass is 19.3. The molecule has 72 valence electrons. The quantitative estimate of drug-likeness (QED) is 0.785. The highest BCUT2D eigenvalue weighted by Gasteiger charge is 2.68. The first-order chi connectivity index (χ1) is 6.04. The Hall–Kier alpha value is -1.13. The molecule has 1 saturated carbocycles. The summed E-state index contributed by atoms with van der Waals surface area (Å²) >= 11 is 0. The van der Waals surface area contributed by atoms with Gasteiger partial charge in [-0.05, 0) is 0 Å². The van der Waals surface area contributed by atoms with Gasteiger partial charge in [0.1, 0.15) is 6.61 Å². The summed E-state index contributed by atoms with van der Waals surface area (Å²) in [6.45, 7) is 1.53. The van der Waals surface area contributed by atoms with E-state index in [1.807, 2.05) is 0 Å². The molecule has 1 heterocycles. The maximum Gasteiger partial charge on any atom is 0.257 e. The minimum Gasteiger partial charge on any atom is -0.476 e. The lowest BCUT2D eigenvalue weighted by molar-refractivity contribution is 0.0490. The van der Waals surface area contributed by atoms with Crippen molar-refractivity contribution in [3.8, 4) is 5.88 Å². The molecule has 0 aromatic carbocycles. The average Bonchev–Trinajstić information content (AvgIpc) is 2.53. The van der Waals surface area contributed by atoms with Crippen molar-refractivity contribution in [1.82, 2.24) is 10.2 Å². The molecule has 1 atom stereocenters. The van der Waals surface area contributed by atoms with E-state index in [2.05, 4.69) is 10.2 Å². The van der Waals surface area contributed by atoms with Crippen molar-refractivity contribution in [2.24, 2.45) is 5.41 Å². The molecule has 13 heavy (non-hydrogen) atoms. The second kappa shape index (κ2) is 2.43. The zero-order valence-electron chi connectivity index (χ0n) is 7.18. The van der Waals surface area contributed by atoms with Gasteiger partial charge in [-0.1, -0.05) is 6.92 Å². The van der Waals surface area contributed by atoms with E-state index in [4.69, 9.17) is 4.74 Å². The summed E-state index contributed by atoms with van der Waals surface area (Å²) < 4.78 is 30.5. The van der Waals surface area contributed by atoms with Crippen LogP contribution in [0.3, 0.4) is 0 Å². The smallest absolute Gasteiger partial charge is 0.257 e. The standard InChI is InChI=1S/C8H10F2N2O/c1-7(4-8(7,9)10)5-13-6-2-3-11-12-6/h2-3H,4-5H2,1H3,(H,11,12). The molecule has 0 radical (unpaired) electrons. The predicted octanol–water partition coefficient (Wildman–Crippen LogP) is 1.83. The minimum absolute atomic E-state index is 0.0187. The summed E-state index contributed by atoms with van der Waals surface area (Å²) in [5.74, 6) is -2.20. The van der Waals surface area contributed by atoms with Crippen LogP contribution in [0.1, 0.15) is 13.3 Å². The molecule has 0 aliphatic heterocycles. The fourth-order valence-electron chi connectivity index (χ4n) is 1.16. The van der Waals surface area contributed by atoms with Gasteiger partial charge in [-0.3, -0.25) is 5.10 Å². The molecule has 1 unspecified atom stereocenters. The van der Waals surface area contributed by atoms with E-state index < -0.39 is 11.3 Å². The van der Waals surface area contributed by atoms with Gasteiger partial charge in [0.25, 0.3) is 5.92 Å². The molecule has 1 fully saturated rings. The van der Waals surface area contributed by atoms with Gasteiger partial charge in [-0.2, -0.15) is 0 Å². The summed E-state index contributed by atoms with van der Waals surface area (Å²) in [6, 6.07) is 1.60. The molecule has 2 rings (SSSR count). The SMILES string of the molecule is CC1(COc2cc[nH]n2)CC1(F)F. The van der Waals surface area contributed by atoms with Gasteiger partial charge in [0.15, 0.2) is 0 Å². The number of alkyl halides is 2. The van der Waals surface area contributed by atoms with Crippen LogP contribution in [0.4, 0.5) is 8.78 Å². The highest BCUT2D eigenvalue weighted by Crippen LogP contribution is 2.60. The van der Waals surface area contributed by atoms with E-state index in [-0.39, 0.29) is 13.0 Å². The summed E-state index contributed by atoms with van der Waals surface area (Å²) in [7, 11) is 0. The topological polar surface area (TPSA) is 37.9 Å². The van der Waals surface area contributed by atoms with Gasteiger partial charge in [0, 0.05) is 18.7 Å². The molecular weight excluding hydrogens is 178 g/mol. The second-order valence-corrected chi connectivity index (χ2v) is 3.64. The first-order valence-corrected chi connectivity index (χ1v) is 4.04. The average molecular weight is 188 g/mol. The van der Waals surface area contributed by atoms with E-state index in [1.165, 1.54) is 6.92 Å². The monoisotopic (exact) mass is 188 g/mol. The van der Waals surface area contributed by atoms with E-state index in [0.29, 0.717) is 5.88 Å². The van der Waals surface area contributed by atoms with Crippen molar-refractivity contribution in [3.63, 3.8) is 0 Å². The van der Waals surface area contributed by atoms with Crippen molar-refractivity contribution in [1.29, 1.82) is 0 Å². The number of H-pyrrole nitrogens is 1. The van der Waals surface area contributed by atoms with Crippen molar-refractivity contribution >= 4 is 0 Å². The number of hydrogen-bond donors (Lipinski definition) is 1. The van der Waals surface area contributed by atoms with Crippen molar-refractivity contribution in [2.75, 3.05) is 6.61 Å². The first-order valence-electron chi connectivity index (χ1n) is 4.04. The summed E-state index contributed by atoms with van der Waals surface area (Å²) in [6.07, 6.45) is 1.49. The number of aromatic nitrogens is 2. The maximum absolute atomic E-state index is 12.7. The molecule has 0 amide bonds. The Labute approximate surface area is 74.1 Å². The number of rotatable bonds is 3. The van der Waals surface area contributed by atoms with Crippen LogP contribution in [0.15, 0.2) is 12.3 Å². The van der Waals surface area contributed by atoms with E-state index in [1.54, 1.807) is 12.3 Å². The largest absolute Gasteiger partial charge is 0.476 e. The lowest BCUT2D eigenvalue weighted by atomic mass is 10.1. The molecule has 0 spiro atoms. The molecule has 1 aliphatic rings. The first kappa shape index (κ1) is 8.47. The Kier molecular flexibility index (Phi) is 1.58. The van der Waals surface area contributed by atoms with Crippen LogP contribution in [0.25, 0.3) is 0 Å². The number of aromatic amines is 1. The molecule has 1 aromatic heterocycles. The number of ether oxygens (including phenoxy) is 1. The third-order valence-electron chi connectivity index (χ3n) is 2.38. The summed E-state index contributed by atoms with van der Waals surface area (Å²) in [5.41, 5.74) is -0.994. The van der Waals surface area contributed by atoms with Gasteiger partial charge >= 0.3 is 0 Å². The molecular formula is C8H10F2N2O. The van der Waals surface area contributed by atoms with Crippen LogP contribution in [0.5, 0.6) is 5.88 Å². The van der Waals surface area contributed by atoms with Gasteiger partial charge in [-0.15, -0.1) is 5.10 Å². The van der Waals surface area contributed by atoms with E-state index in [0.717, 1.165) is 0 Å². The number of halogens is 2. The Balaban J connectivity index is 1.88. The number of nitrogens with one attached hydrogen (secondary N) is 1. The second-order valence-electron chi connectivity index (χ2n) is 3.64. The van der Waals surface area contributed by atoms with Crippen LogP contribution < -0.4 is 4.74 Å². The highest BCUT2D eigenvalue weighted by molar-refractivity contribution is 5.10. The number of nitrogens with zero attached hydrogens (tertiary/aromatic N) is 1. The molecule has 5 heteroatoms. The predicted molar refractivity (Wildman–Crippen MR) is 41.8 cm³/mol. The van der Waals surface area contributed by atoms with Gasteiger partial charge in [0.2, 0.25) is 5.88 Å². The van der Waals surface area contributed by atoms with E-state index >= 15 is 0 Å². The molecule has 0 bridgehead atoms. The normalized spacial score (nSPS) is 30.1. The van der Waals surface area contributed by atoms with Gasteiger partial charge in [0.05, 0.1) is 5.41 Å². The third kappa shape index (κ3) is 1.38. The lowest BCUT2D eigenvalue weighted by Gasteiger charge is -2.09. The van der Waals surface area contributed by atoms with Crippen molar-refractivity contribution < 1.29 is 13.5 Å². The maximum atomic E-state index is 12.7. The van der Waals surface area contributed by atoms with Crippen LogP contribution in [-0.2, 0) is 0 Å². The van der Waals surface area contributed by atoms with Crippen LogP contribution in [0, 0.1) is 5.41 Å². The molecule has 1 aliphatic carbocycles. The van der Waals surface area contributed by atoms with Gasteiger partial charge in [-0.25, -0.2) is 8.78 Å². The zero-order chi connectivity index (χ0) is 9.53. The minimum atomic E-state index is -2.57. The van der Waals surface area contributed by atoms with Crippen LogP contribution in [0.2, 0.25) is 0 Å². The summed E-state index contributed by atoms with van der Waals surface area (Å²) in [4.78, 5) is 0. The fraction of sp³-hybridized carbons (Fsp3) is 0.625. The molecule has 3 nitrogen and oxygen atoms in total. The van der Waals surface area contributed by atoms with Crippen molar-refractivity contribution in [3.05, 3.63) is 12.3 Å². The lowest BCUT2D eigenvalue weighted by Crippen LogP contribution is -2.16. The van der Waals surface area contributed by atoms with Crippen LogP contribution in [-0.4, -0.2) is 22.7 Å². The number of hydrogen-bond acceptors (Lipinski definition) is 2. The van der Waals surface area contributed by atoms with Crippen LogP contribution >= 0.6 is 0 Å².